The van der Waals surface area contributed by atoms with Crippen LogP contribution >= 0.6 is 11.6 Å². The lowest BCUT2D eigenvalue weighted by molar-refractivity contribution is -0.117. The molecule has 114 valence electrons. The lowest BCUT2D eigenvalue weighted by atomic mass is 10.2. The van der Waals surface area contributed by atoms with Gasteiger partial charge in [-0.1, -0.05) is 23.7 Å². The van der Waals surface area contributed by atoms with E-state index in [4.69, 9.17) is 11.6 Å². The number of nitrogens with one attached hydrogen (secondary N) is 2. The molecule has 3 rings (SSSR count). The van der Waals surface area contributed by atoms with Crippen molar-refractivity contribution in [3.05, 3.63) is 52.8 Å². The van der Waals surface area contributed by atoms with Gasteiger partial charge in [0.2, 0.25) is 5.91 Å². The molecule has 5 nitrogen and oxygen atoms in total. The summed E-state index contributed by atoms with van der Waals surface area (Å²) in [7, 11) is 0. The van der Waals surface area contributed by atoms with E-state index in [2.05, 4.69) is 10.3 Å². The number of aromatic nitrogens is 1. The molecule has 0 bridgehead atoms. The highest BCUT2D eigenvalue weighted by Crippen LogP contribution is 2.21. The Morgan fingerprint density at radius 2 is 2.09 bits per heavy atom. The van der Waals surface area contributed by atoms with Crippen LogP contribution in [0.15, 0.2) is 36.5 Å². The summed E-state index contributed by atoms with van der Waals surface area (Å²) in [6, 6.07) is 9.25. The first-order valence-corrected chi connectivity index (χ1v) is 7.53. The molecule has 2 aromatic rings. The van der Waals surface area contributed by atoms with Crippen molar-refractivity contribution in [2.45, 2.75) is 19.4 Å². The molecule has 1 aliphatic rings. The van der Waals surface area contributed by atoms with Gasteiger partial charge >= 0.3 is 0 Å². The lowest BCUT2D eigenvalue weighted by Crippen LogP contribution is -2.24. The van der Waals surface area contributed by atoms with Crippen LogP contribution in [0.25, 0.3) is 0 Å². The molecule has 1 aromatic carbocycles. The van der Waals surface area contributed by atoms with E-state index >= 15 is 0 Å². The second-order valence-electron chi connectivity index (χ2n) is 5.23. The highest BCUT2D eigenvalue weighted by atomic mass is 35.5. The summed E-state index contributed by atoms with van der Waals surface area (Å²) in [6.45, 7) is 1.20. The number of aromatic amines is 1. The molecule has 2 N–H and O–H groups in total. The van der Waals surface area contributed by atoms with E-state index < -0.39 is 0 Å². The Hall–Kier alpha value is -2.27. The Bertz CT molecular complexity index is 694. The Labute approximate surface area is 133 Å². The monoisotopic (exact) mass is 317 g/mol. The van der Waals surface area contributed by atoms with Gasteiger partial charge in [-0.25, -0.2) is 0 Å². The molecule has 1 saturated heterocycles. The normalized spacial score (nSPS) is 14.4. The number of carbonyl (C=O) groups is 2. The number of rotatable bonds is 4. The molecule has 0 unspecified atom stereocenters. The molecule has 1 aromatic heterocycles. The summed E-state index contributed by atoms with van der Waals surface area (Å²) in [4.78, 5) is 28.2. The Morgan fingerprint density at radius 3 is 2.68 bits per heavy atom. The molecule has 0 atom stereocenters. The molecule has 0 saturated carbocycles. The Morgan fingerprint density at radius 1 is 1.32 bits per heavy atom. The van der Waals surface area contributed by atoms with Crippen molar-refractivity contribution in [1.29, 1.82) is 0 Å². The van der Waals surface area contributed by atoms with E-state index in [0.717, 1.165) is 24.2 Å². The minimum Gasteiger partial charge on any atom is -0.356 e. The molecule has 2 amide bonds. The molecule has 0 aliphatic carbocycles. The number of hydrogen-bond acceptors (Lipinski definition) is 2. The number of amides is 2. The van der Waals surface area contributed by atoms with Crippen LogP contribution in [0.2, 0.25) is 5.02 Å². The first-order chi connectivity index (χ1) is 10.6. The first-order valence-electron chi connectivity index (χ1n) is 7.15. The van der Waals surface area contributed by atoms with Crippen LogP contribution < -0.4 is 10.2 Å². The molecule has 2 heterocycles. The predicted octanol–water partition coefficient (Wildman–Crippen LogP) is 2.72. The number of halogens is 1. The third-order valence-electron chi connectivity index (χ3n) is 3.67. The van der Waals surface area contributed by atoms with Gasteiger partial charge in [0.15, 0.2) is 0 Å². The van der Waals surface area contributed by atoms with Crippen LogP contribution in [0.4, 0.5) is 5.69 Å². The molecule has 0 spiro atoms. The van der Waals surface area contributed by atoms with Crippen molar-refractivity contribution in [3.63, 3.8) is 0 Å². The molecule has 22 heavy (non-hydrogen) atoms. The zero-order valence-electron chi connectivity index (χ0n) is 11.9. The van der Waals surface area contributed by atoms with E-state index in [9.17, 15) is 9.59 Å². The van der Waals surface area contributed by atoms with E-state index in [1.54, 1.807) is 17.2 Å². The maximum Gasteiger partial charge on any atom is 0.268 e. The van der Waals surface area contributed by atoms with E-state index in [-0.39, 0.29) is 11.8 Å². The highest BCUT2D eigenvalue weighted by Gasteiger charge is 2.21. The number of hydrogen-bond donors (Lipinski definition) is 2. The van der Waals surface area contributed by atoms with Gasteiger partial charge < -0.3 is 15.2 Å². The zero-order chi connectivity index (χ0) is 15.5. The first kappa shape index (κ1) is 14.7. The number of carbonyl (C=O) groups excluding carboxylic acids is 2. The second kappa shape index (κ2) is 6.23. The maximum absolute atomic E-state index is 11.9. The van der Waals surface area contributed by atoms with Crippen molar-refractivity contribution >= 4 is 29.1 Å². The number of nitrogens with zero attached hydrogens (tertiary/aromatic N) is 1. The minimum atomic E-state index is -0.203. The van der Waals surface area contributed by atoms with Gasteiger partial charge in [0.05, 0.1) is 5.02 Å². The van der Waals surface area contributed by atoms with Crippen LogP contribution in [0, 0.1) is 0 Å². The van der Waals surface area contributed by atoms with Gasteiger partial charge in [0.25, 0.3) is 5.91 Å². The van der Waals surface area contributed by atoms with E-state index in [1.807, 2.05) is 24.3 Å². The van der Waals surface area contributed by atoms with Crippen LogP contribution in [0.3, 0.4) is 0 Å². The van der Waals surface area contributed by atoms with Crippen molar-refractivity contribution in [1.82, 2.24) is 10.3 Å². The minimum absolute atomic E-state index is 0.171. The molecular formula is C16H16ClN3O2. The van der Waals surface area contributed by atoms with Crippen molar-refractivity contribution in [3.8, 4) is 0 Å². The van der Waals surface area contributed by atoms with Gasteiger partial charge in [0, 0.05) is 31.4 Å². The fourth-order valence-corrected chi connectivity index (χ4v) is 2.66. The molecular weight excluding hydrogens is 302 g/mol. The van der Waals surface area contributed by atoms with Crippen LogP contribution in [0.5, 0.6) is 0 Å². The van der Waals surface area contributed by atoms with Gasteiger partial charge in [-0.05, 0) is 30.2 Å². The maximum atomic E-state index is 11.9. The highest BCUT2D eigenvalue weighted by molar-refractivity contribution is 6.30. The summed E-state index contributed by atoms with van der Waals surface area (Å²) >= 11 is 5.77. The summed E-state index contributed by atoms with van der Waals surface area (Å²) in [5.74, 6) is -0.0321. The van der Waals surface area contributed by atoms with Crippen molar-refractivity contribution in [2.75, 3.05) is 11.4 Å². The molecule has 6 heteroatoms. The average Bonchev–Trinajstić information content (AvgIpc) is 3.14. The van der Waals surface area contributed by atoms with Gasteiger partial charge in [-0.3, -0.25) is 9.59 Å². The second-order valence-corrected chi connectivity index (χ2v) is 5.67. The lowest BCUT2D eigenvalue weighted by Gasteiger charge is -2.16. The summed E-state index contributed by atoms with van der Waals surface area (Å²) in [5.41, 5.74) is 2.32. The van der Waals surface area contributed by atoms with Crippen LogP contribution in [0.1, 0.15) is 28.9 Å². The fourth-order valence-electron chi connectivity index (χ4n) is 2.49. The molecule has 1 fully saturated rings. The zero-order valence-corrected chi connectivity index (χ0v) is 12.7. The predicted molar refractivity (Wildman–Crippen MR) is 85.0 cm³/mol. The van der Waals surface area contributed by atoms with Crippen LogP contribution in [-0.2, 0) is 11.3 Å². The smallest absolute Gasteiger partial charge is 0.268 e. The third kappa shape index (κ3) is 3.14. The largest absolute Gasteiger partial charge is 0.356 e. The number of H-pyrrole nitrogens is 1. The van der Waals surface area contributed by atoms with Crippen molar-refractivity contribution < 1.29 is 9.59 Å². The third-order valence-corrected chi connectivity index (χ3v) is 3.89. The summed E-state index contributed by atoms with van der Waals surface area (Å²) in [6.07, 6.45) is 3.10. The molecule has 0 radical (unpaired) electrons. The van der Waals surface area contributed by atoms with Gasteiger partial charge in [-0.2, -0.15) is 0 Å². The Kier molecular flexibility index (Phi) is 4.15. The quantitative estimate of drug-likeness (QED) is 0.910. The fraction of sp³-hybridized carbons (Fsp3) is 0.250. The molecule has 1 aliphatic heterocycles. The van der Waals surface area contributed by atoms with Gasteiger partial charge in [-0.15, -0.1) is 0 Å². The Balaban J connectivity index is 1.59. The van der Waals surface area contributed by atoms with Gasteiger partial charge in [0.1, 0.15) is 5.69 Å². The SMILES string of the molecule is O=C(NCc1ccc(N2CCCC2=O)cc1)c1cc(Cl)c[nH]1. The summed E-state index contributed by atoms with van der Waals surface area (Å²) in [5, 5.41) is 3.32. The van der Waals surface area contributed by atoms with Crippen LogP contribution in [-0.4, -0.2) is 23.3 Å². The topological polar surface area (TPSA) is 65.2 Å². The number of anilines is 1. The van der Waals surface area contributed by atoms with E-state index in [1.165, 1.54) is 0 Å². The standard InChI is InChI=1S/C16H16ClN3O2/c17-12-8-14(18-10-12)16(22)19-9-11-3-5-13(6-4-11)20-7-1-2-15(20)21/h3-6,8,10,18H,1-2,7,9H2,(H,19,22). The van der Waals surface area contributed by atoms with E-state index in [0.29, 0.717) is 23.7 Å². The average molecular weight is 318 g/mol. The number of benzene rings is 1. The summed E-state index contributed by atoms with van der Waals surface area (Å²) < 4.78 is 0. The van der Waals surface area contributed by atoms with Crippen molar-refractivity contribution in [2.24, 2.45) is 0 Å².